The van der Waals surface area contributed by atoms with E-state index in [-0.39, 0.29) is 12.3 Å². The molecule has 0 saturated heterocycles. The minimum Gasteiger partial charge on any atom is -0.481 e. The smallest absolute Gasteiger partial charge is 0.306 e. The highest BCUT2D eigenvalue weighted by atomic mass is 16.4. The number of carbonyl (C=O) groups excluding carboxylic acids is 1. The zero-order valence-corrected chi connectivity index (χ0v) is 10.4. The van der Waals surface area contributed by atoms with E-state index in [1.807, 2.05) is 6.92 Å². The number of carboxylic acid groups (broad SMARTS) is 1. The van der Waals surface area contributed by atoms with Gasteiger partial charge < -0.3 is 19.9 Å². The molecule has 1 aromatic rings. The summed E-state index contributed by atoms with van der Waals surface area (Å²) in [5.74, 6) is -0.753. The molecule has 0 radical (unpaired) electrons. The van der Waals surface area contributed by atoms with E-state index in [4.69, 9.17) is 9.52 Å². The fraction of sp³-hybridized carbons (Fsp3) is 0.500. The lowest BCUT2D eigenvalue weighted by molar-refractivity contribution is -0.141. The van der Waals surface area contributed by atoms with Gasteiger partial charge >= 0.3 is 5.97 Å². The van der Waals surface area contributed by atoms with Crippen LogP contribution in [0.2, 0.25) is 0 Å². The summed E-state index contributed by atoms with van der Waals surface area (Å²) in [5, 5.41) is 20.7. The number of aliphatic hydroxyl groups is 1. The summed E-state index contributed by atoms with van der Waals surface area (Å²) in [6.07, 6.45) is 0.246. The van der Waals surface area contributed by atoms with Crippen LogP contribution in [0.25, 0.3) is 0 Å². The average Bonchev–Trinajstić information content (AvgIpc) is 2.72. The van der Waals surface area contributed by atoms with Gasteiger partial charge in [-0.15, -0.1) is 0 Å². The number of carbonyl (C=O) groups is 2. The molecule has 0 aliphatic rings. The predicted molar refractivity (Wildman–Crippen MR) is 63.3 cm³/mol. The topological polar surface area (TPSA) is 99.8 Å². The first-order valence-electron chi connectivity index (χ1n) is 5.65. The predicted octanol–water partition coefficient (Wildman–Crippen LogP) is 0.798. The van der Waals surface area contributed by atoms with Gasteiger partial charge in [-0.2, -0.15) is 0 Å². The highest BCUT2D eigenvalue weighted by molar-refractivity contribution is 5.91. The zero-order chi connectivity index (χ0) is 13.8. The van der Waals surface area contributed by atoms with Crippen molar-refractivity contribution >= 4 is 11.9 Å². The van der Waals surface area contributed by atoms with Crippen molar-refractivity contribution in [3.05, 3.63) is 23.7 Å². The van der Waals surface area contributed by atoms with Gasteiger partial charge in [-0.05, 0) is 19.1 Å². The molecular weight excluding hydrogens is 238 g/mol. The van der Waals surface area contributed by atoms with Crippen molar-refractivity contribution < 1.29 is 24.2 Å². The fourth-order valence-electron chi connectivity index (χ4n) is 1.44. The van der Waals surface area contributed by atoms with Crippen molar-refractivity contribution in [2.45, 2.75) is 32.3 Å². The Kier molecular flexibility index (Phi) is 4.49. The Labute approximate surface area is 105 Å². The Morgan fingerprint density at radius 1 is 1.44 bits per heavy atom. The molecule has 6 heteroatoms. The molecule has 3 N–H and O–H groups in total. The molecule has 0 aliphatic carbocycles. The van der Waals surface area contributed by atoms with Gasteiger partial charge in [-0.25, -0.2) is 0 Å². The number of carboxylic acids is 1. The summed E-state index contributed by atoms with van der Waals surface area (Å²) < 4.78 is 5.23. The zero-order valence-electron chi connectivity index (χ0n) is 10.4. The molecule has 1 aromatic heterocycles. The van der Waals surface area contributed by atoms with Gasteiger partial charge in [0.2, 0.25) is 0 Å². The van der Waals surface area contributed by atoms with E-state index in [1.165, 1.54) is 6.92 Å². The second kappa shape index (κ2) is 5.68. The number of rotatable bonds is 6. The molecule has 0 bridgehead atoms. The minimum absolute atomic E-state index is 0.151. The summed E-state index contributed by atoms with van der Waals surface area (Å²) >= 11 is 0. The first kappa shape index (κ1) is 14.2. The third-order valence-corrected chi connectivity index (χ3v) is 2.40. The number of hydrogen-bond donors (Lipinski definition) is 3. The maximum Gasteiger partial charge on any atom is 0.306 e. The van der Waals surface area contributed by atoms with Gasteiger partial charge in [0.25, 0.3) is 5.91 Å². The van der Waals surface area contributed by atoms with Crippen LogP contribution in [-0.2, 0) is 11.2 Å². The van der Waals surface area contributed by atoms with Crippen molar-refractivity contribution in [3.63, 3.8) is 0 Å². The SMILES string of the molecule is CCc1ccc(C(=O)NCC(C)(O)CC(=O)O)o1. The van der Waals surface area contributed by atoms with Gasteiger partial charge in [0.15, 0.2) is 5.76 Å². The van der Waals surface area contributed by atoms with E-state index in [1.54, 1.807) is 12.1 Å². The van der Waals surface area contributed by atoms with Crippen molar-refractivity contribution in [2.75, 3.05) is 6.54 Å². The van der Waals surface area contributed by atoms with E-state index < -0.39 is 23.9 Å². The molecule has 6 nitrogen and oxygen atoms in total. The molecule has 0 fully saturated rings. The second-order valence-electron chi connectivity index (χ2n) is 4.37. The minimum atomic E-state index is -1.48. The number of nitrogens with one attached hydrogen (secondary N) is 1. The number of hydrogen-bond acceptors (Lipinski definition) is 4. The van der Waals surface area contributed by atoms with E-state index in [0.29, 0.717) is 12.2 Å². The molecule has 100 valence electrons. The second-order valence-corrected chi connectivity index (χ2v) is 4.37. The summed E-state index contributed by atoms with van der Waals surface area (Å²) in [6.45, 7) is 3.10. The molecule has 1 rings (SSSR count). The summed E-state index contributed by atoms with van der Waals surface area (Å²) in [6, 6.07) is 3.24. The number of aliphatic carboxylic acids is 1. The lowest BCUT2D eigenvalue weighted by atomic mass is 10.0. The molecule has 1 atom stereocenters. The fourth-order valence-corrected chi connectivity index (χ4v) is 1.44. The van der Waals surface area contributed by atoms with E-state index in [2.05, 4.69) is 5.32 Å². The van der Waals surface area contributed by atoms with Crippen LogP contribution >= 0.6 is 0 Å². The summed E-state index contributed by atoms with van der Waals surface area (Å²) in [4.78, 5) is 22.1. The van der Waals surface area contributed by atoms with Crippen molar-refractivity contribution in [1.29, 1.82) is 0 Å². The van der Waals surface area contributed by atoms with Gasteiger partial charge in [0, 0.05) is 13.0 Å². The van der Waals surface area contributed by atoms with Crippen molar-refractivity contribution in [3.8, 4) is 0 Å². The molecular formula is C12H17NO5. The van der Waals surface area contributed by atoms with Crippen LogP contribution in [0, 0.1) is 0 Å². The van der Waals surface area contributed by atoms with Crippen LogP contribution in [0.5, 0.6) is 0 Å². The molecule has 1 heterocycles. The van der Waals surface area contributed by atoms with E-state index in [9.17, 15) is 14.7 Å². The largest absolute Gasteiger partial charge is 0.481 e. The third-order valence-electron chi connectivity index (χ3n) is 2.40. The van der Waals surface area contributed by atoms with Crippen molar-refractivity contribution in [1.82, 2.24) is 5.32 Å². The van der Waals surface area contributed by atoms with Crippen molar-refractivity contribution in [2.24, 2.45) is 0 Å². The summed E-state index contributed by atoms with van der Waals surface area (Å²) in [7, 11) is 0. The van der Waals surface area contributed by atoms with Crippen LogP contribution in [0.1, 0.15) is 36.6 Å². The maximum absolute atomic E-state index is 11.6. The number of amides is 1. The molecule has 1 unspecified atom stereocenters. The van der Waals surface area contributed by atoms with Crippen LogP contribution in [0.3, 0.4) is 0 Å². The van der Waals surface area contributed by atoms with Crippen LogP contribution in [0.15, 0.2) is 16.5 Å². The normalized spacial score (nSPS) is 13.9. The Balaban J connectivity index is 2.53. The molecule has 0 saturated carbocycles. The summed E-state index contributed by atoms with van der Waals surface area (Å²) in [5.41, 5.74) is -1.48. The Bertz CT molecular complexity index is 435. The first-order valence-corrected chi connectivity index (χ1v) is 5.65. The molecule has 0 spiro atoms. The van der Waals surface area contributed by atoms with Crippen LogP contribution in [-0.4, -0.2) is 34.2 Å². The molecule has 18 heavy (non-hydrogen) atoms. The Hall–Kier alpha value is -1.82. The highest BCUT2D eigenvalue weighted by Gasteiger charge is 2.25. The number of aryl methyl sites for hydroxylation is 1. The lowest BCUT2D eigenvalue weighted by Crippen LogP contribution is -2.42. The maximum atomic E-state index is 11.6. The monoisotopic (exact) mass is 255 g/mol. The Morgan fingerprint density at radius 2 is 2.11 bits per heavy atom. The van der Waals surface area contributed by atoms with Gasteiger partial charge in [0.05, 0.1) is 12.0 Å². The average molecular weight is 255 g/mol. The molecule has 0 aromatic carbocycles. The third kappa shape index (κ3) is 4.21. The molecule has 0 aliphatic heterocycles. The van der Waals surface area contributed by atoms with Gasteiger partial charge in [-0.3, -0.25) is 9.59 Å². The van der Waals surface area contributed by atoms with Crippen LogP contribution in [0.4, 0.5) is 0 Å². The Morgan fingerprint density at radius 3 is 2.61 bits per heavy atom. The van der Waals surface area contributed by atoms with E-state index in [0.717, 1.165) is 0 Å². The quantitative estimate of drug-likeness (QED) is 0.698. The van der Waals surface area contributed by atoms with E-state index >= 15 is 0 Å². The molecule has 1 amide bonds. The first-order chi connectivity index (χ1) is 8.34. The highest BCUT2D eigenvalue weighted by Crippen LogP contribution is 2.10. The number of furan rings is 1. The lowest BCUT2D eigenvalue weighted by Gasteiger charge is -2.20. The van der Waals surface area contributed by atoms with Crippen LogP contribution < -0.4 is 5.32 Å². The standard InChI is InChI=1S/C12H17NO5/c1-3-8-4-5-9(18-8)11(16)13-7-12(2,17)6-10(14)15/h4-5,17H,3,6-7H2,1-2H3,(H,13,16)(H,14,15). The van der Waals surface area contributed by atoms with Gasteiger partial charge in [-0.1, -0.05) is 6.92 Å². The van der Waals surface area contributed by atoms with Gasteiger partial charge in [0.1, 0.15) is 5.76 Å².